The van der Waals surface area contributed by atoms with Gasteiger partial charge in [-0.1, -0.05) is 26.7 Å². The first kappa shape index (κ1) is 22.9. The first-order chi connectivity index (χ1) is 7.54. The Bertz CT molecular complexity index is 171. The molecule has 0 N–H and O–H groups in total. The Morgan fingerprint density at radius 2 is 1.18 bits per heavy atom. The zero-order valence-corrected chi connectivity index (χ0v) is 14.3. The molecule has 0 fully saturated rings. The van der Waals surface area contributed by atoms with Gasteiger partial charge >= 0.3 is 16.5 Å². The van der Waals surface area contributed by atoms with Crippen molar-refractivity contribution in [1.29, 1.82) is 0 Å². The Morgan fingerprint density at radius 3 is 1.35 bits per heavy atom. The zero-order valence-electron chi connectivity index (χ0n) is 10.0. The summed E-state index contributed by atoms with van der Waals surface area (Å²) in [6.45, 7) is 5.54. The van der Waals surface area contributed by atoms with Gasteiger partial charge in [0, 0.05) is 8.77 Å². The van der Waals surface area contributed by atoms with Crippen LogP contribution in [0.4, 0.5) is 0 Å². The van der Waals surface area contributed by atoms with E-state index >= 15 is 0 Å². The first-order valence-corrected chi connectivity index (χ1v) is 6.85. The maximum Gasteiger partial charge on any atom is 2.00 e. The van der Waals surface area contributed by atoms with Crippen LogP contribution in [0.3, 0.4) is 0 Å². The molecule has 104 valence electrons. The molecule has 0 aliphatic rings. The van der Waals surface area contributed by atoms with E-state index in [0.29, 0.717) is 13.2 Å². The molecule has 0 saturated carbocycles. The number of unbranched alkanes of at least 4 members (excludes halogenated alkanes) is 2. The van der Waals surface area contributed by atoms with E-state index in [4.69, 9.17) is 9.47 Å². The van der Waals surface area contributed by atoms with E-state index in [9.17, 15) is 0 Å². The van der Waals surface area contributed by atoms with Crippen molar-refractivity contribution in [2.45, 2.75) is 39.5 Å². The van der Waals surface area contributed by atoms with Crippen molar-refractivity contribution in [3.8, 4) is 0 Å². The summed E-state index contributed by atoms with van der Waals surface area (Å²) in [4.78, 5) is 0. The molecule has 0 aromatic heterocycles. The number of rotatable bonds is 6. The number of hydrogen-bond acceptors (Lipinski definition) is 6. The van der Waals surface area contributed by atoms with Crippen LogP contribution in [-0.4, -0.2) is 22.0 Å². The Morgan fingerprint density at radius 1 is 0.882 bits per heavy atom. The molecule has 0 heterocycles. The maximum absolute atomic E-state index is 4.83. The van der Waals surface area contributed by atoms with Gasteiger partial charge in [0.05, 0.1) is 13.2 Å². The summed E-state index contributed by atoms with van der Waals surface area (Å²) in [5.41, 5.74) is 0. The third-order valence-electron chi connectivity index (χ3n) is 1.44. The van der Waals surface area contributed by atoms with Crippen LogP contribution in [0.25, 0.3) is 0 Å². The Balaban J connectivity index is -0.000000218. The molecular weight excluding hydrogens is 339 g/mol. The molecule has 0 saturated heterocycles. The fourth-order valence-electron chi connectivity index (χ4n) is 0.600. The molecule has 0 rings (SSSR count). The van der Waals surface area contributed by atoms with Crippen LogP contribution in [0.15, 0.2) is 0 Å². The molecular formula is C10H18NiO2S4. The van der Waals surface area contributed by atoms with Gasteiger partial charge in [0.25, 0.3) is 0 Å². The van der Waals surface area contributed by atoms with Crippen molar-refractivity contribution in [2.24, 2.45) is 0 Å². The van der Waals surface area contributed by atoms with Gasteiger partial charge < -0.3 is 59.2 Å². The molecule has 0 amide bonds. The van der Waals surface area contributed by atoms with E-state index < -0.39 is 0 Å². The summed E-state index contributed by atoms with van der Waals surface area (Å²) in [7, 11) is 0. The predicted molar refractivity (Wildman–Crippen MR) is 81.6 cm³/mol. The van der Waals surface area contributed by atoms with Gasteiger partial charge in [-0.3, -0.25) is 0 Å². The van der Waals surface area contributed by atoms with Crippen molar-refractivity contribution in [3.05, 3.63) is 0 Å². The standard InChI is InChI=1S/2C5H10OS2.Ni/c2*1-2-3-4-6-5(7)8;/h2*2-4H2,1H3,(H,7,8);/q;;+2/p-2. The number of ether oxygens (including phenoxy) is 2. The van der Waals surface area contributed by atoms with Crippen molar-refractivity contribution < 1.29 is 26.0 Å². The molecule has 0 unspecified atom stereocenters. The molecule has 0 bridgehead atoms. The van der Waals surface area contributed by atoms with E-state index in [0.717, 1.165) is 25.7 Å². The molecule has 0 aromatic carbocycles. The average Bonchev–Trinajstić information content (AvgIpc) is 2.18. The van der Waals surface area contributed by atoms with Gasteiger partial charge in [0.2, 0.25) is 0 Å². The molecule has 0 atom stereocenters. The summed E-state index contributed by atoms with van der Waals surface area (Å²) in [5, 5.41) is 0. The largest absolute Gasteiger partial charge is 2.00 e. The summed E-state index contributed by atoms with van der Waals surface area (Å²) < 4.78 is 10.1. The first-order valence-electron chi connectivity index (χ1n) is 5.22. The van der Waals surface area contributed by atoms with Crippen LogP contribution < -0.4 is 0 Å². The van der Waals surface area contributed by atoms with Crippen LogP contribution >= 0.6 is 24.4 Å². The van der Waals surface area contributed by atoms with Crippen LogP contribution in [-0.2, 0) is 51.2 Å². The summed E-state index contributed by atoms with van der Waals surface area (Å²) >= 11 is 18.0. The van der Waals surface area contributed by atoms with Gasteiger partial charge in [-0.2, -0.15) is 0 Å². The normalized spacial score (nSPS) is 8.12. The second kappa shape index (κ2) is 19.1. The zero-order chi connectivity index (χ0) is 12.8. The van der Waals surface area contributed by atoms with E-state index in [1.54, 1.807) is 0 Å². The van der Waals surface area contributed by atoms with Crippen LogP contribution in [0, 0.1) is 0 Å². The predicted octanol–water partition coefficient (Wildman–Crippen LogP) is 3.27. The van der Waals surface area contributed by atoms with Crippen LogP contribution in [0.5, 0.6) is 0 Å². The second-order valence-corrected chi connectivity index (χ2v) is 4.90. The Kier molecular flexibility index (Phi) is 25.6. The second-order valence-electron chi connectivity index (χ2n) is 2.90. The van der Waals surface area contributed by atoms with Crippen LogP contribution in [0.1, 0.15) is 39.5 Å². The topological polar surface area (TPSA) is 18.5 Å². The quantitative estimate of drug-likeness (QED) is 0.312. The van der Waals surface area contributed by atoms with E-state index in [2.05, 4.69) is 63.5 Å². The molecule has 0 aliphatic heterocycles. The van der Waals surface area contributed by atoms with Crippen molar-refractivity contribution in [2.75, 3.05) is 13.2 Å². The van der Waals surface area contributed by atoms with E-state index in [1.807, 2.05) is 0 Å². The van der Waals surface area contributed by atoms with E-state index in [-0.39, 0.29) is 25.3 Å². The molecule has 7 heteroatoms. The Hall–Kier alpha value is 0.714. The van der Waals surface area contributed by atoms with Crippen molar-refractivity contribution in [3.63, 3.8) is 0 Å². The average molecular weight is 357 g/mol. The van der Waals surface area contributed by atoms with Crippen LogP contribution in [0.2, 0.25) is 0 Å². The van der Waals surface area contributed by atoms with Gasteiger partial charge in [0.15, 0.2) is 0 Å². The monoisotopic (exact) mass is 356 g/mol. The molecule has 0 radical (unpaired) electrons. The fourth-order valence-corrected chi connectivity index (χ4v) is 0.933. The smallest absolute Gasteiger partial charge is 0.514 e. The third kappa shape index (κ3) is 31.5. The third-order valence-corrected chi connectivity index (χ3v) is 1.91. The number of thiocarbonyl (C=S) groups is 2. The van der Waals surface area contributed by atoms with Gasteiger partial charge in [-0.15, -0.1) is 0 Å². The fraction of sp³-hybridized carbons (Fsp3) is 0.800. The van der Waals surface area contributed by atoms with E-state index in [1.165, 1.54) is 0 Å². The molecule has 17 heavy (non-hydrogen) atoms. The summed E-state index contributed by atoms with van der Waals surface area (Å²) in [5.74, 6) is 0. The summed E-state index contributed by atoms with van der Waals surface area (Å²) in [6, 6.07) is 0. The minimum atomic E-state index is 0. The Labute approximate surface area is 136 Å². The van der Waals surface area contributed by atoms with Gasteiger partial charge in [0.1, 0.15) is 0 Å². The minimum absolute atomic E-state index is 0. The summed E-state index contributed by atoms with van der Waals surface area (Å²) in [6.07, 6.45) is 4.32. The van der Waals surface area contributed by atoms with Gasteiger partial charge in [-0.05, 0) is 12.8 Å². The maximum atomic E-state index is 4.83. The molecule has 0 aromatic rings. The molecule has 0 spiro atoms. The van der Waals surface area contributed by atoms with Gasteiger partial charge in [-0.25, -0.2) is 0 Å². The van der Waals surface area contributed by atoms with Crippen molar-refractivity contribution in [1.82, 2.24) is 0 Å². The molecule has 0 aliphatic carbocycles. The molecule has 2 nitrogen and oxygen atoms in total. The number of hydrogen-bond donors (Lipinski definition) is 0. The SMILES string of the molecule is CCCCOC(=S)[S-].CCCCOC(=S)[S-].[Ni+2]. The minimum Gasteiger partial charge on any atom is -0.514 e. The van der Waals surface area contributed by atoms with Crippen molar-refractivity contribution >= 4 is 58.5 Å².